The second kappa shape index (κ2) is 10.3. The minimum atomic E-state index is -1.79. The van der Waals surface area contributed by atoms with Gasteiger partial charge in [-0.3, -0.25) is 4.79 Å². The van der Waals surface area contributed by atoms with Gasteiger partial charge in [0.05, 0.1) is 6.42 Å². The molecule has 3 N–H and O–H groups in total. The van der Waals surface area contributed by atoms with E-state index in [0.717, 1.165) is 0 Å². The van der Waals surface area contributed by atoms with Crippen molar-refractivity contribution in [3.63, 3.8) is 0 Å². The third kappa shape index (κ3) is 12.2. The molecule has 0 heterocycles. The van der Waals surface area contributed by atoms with E-state index in [1.807, 2.05) is 0 Å². The van der Waals surface area contributed by atoms with E-state index >= 15 is 0 Å². The molecule has 0 aliphatic heterocycles. The summed E-state index contributed by atoms with van der Waals surface area (Å²) >= 11 is 0. The number of aliphatic hydroxyl groups is 1. The zero-order valence-corrected chi connectivity index (χ0v) is 12.7. The van der Waals surface area contributed by atoms with Crippen LogP contribution in [0, 0.1) is 0 Å². The van der Waals surface area contributed by atoms with E-state index in [-0.39, 0.29) is 103 Å². The van der Waals surface area contributed by atoms with E-state index in [2.05, 4.69) is 0 Å². The molecular weight excluding hydrogens is 206 g/mol. The number of hydrogen-bond donors (Lipinski definition) is 3. The van der Waals surface area contributed by atoms with Crippen molar-refractivity contribution in [3.05, 3.63) is 0 Å². The molecule has 0 bridgehead atoms. The van der Waals surface area contributed by atoms with Gasteiger partial charge in [-0.2, -0.15) is 0 Å². The van der Waals surface area contributed by atoms with Crippen molar-refractivity contribution in [2.75, 3.05) is 0 Å². The molecule has 0 rings (SSSR count). The predicted octanol–water partition coefficient (Wildman–Crippen LogP) is -1.85. The zero-order chi connectivity index (χ0) is 7.44. The Morgan fingerprint density at radius 1 is 1.18 bits per heavy atom. The standard InChI is InChI=1S/C4H6O5.2K/c5-2(4(8)9)1-3(6)7;;/h2,5H,1H2,(H,6,7)(H,8,9);;. The maximum Gasteiger partial charge on any atom is 0.333 e. The average Bonchev–Trinajstić information content (AvgIpc) is 1.63. The molecule has 0 aromatic carbocycles. The molecule has 0 aromatic rings. The first-order chi connectivity index (χ1) is 4.04. The first kappa shape index (κ1) is 18.9. The molecule has 11 heavy (non-hydrogen) atoms. The summed E-state index contributed by atoms with van der Waals surface area (Å²) in [5.74, 6) is -2.85. The normalized spacial score (nSPS) is 10.3. The molecule has 0 aromatic heterocycles. The summed E-state index contributed by atoms with van der Waals surface area (Å²) in [5.41, 5.74) is 0. The maximum absolute atomic E-state index is 9.72. The maximum atomic E-state index is 9.72. The van der Waals surface area contributed by atoms with Crippen LogP contribution < -0.4 is 0 Å². The molecule has 1 unspecified atom stereocenters. The van der Waals surface area contributed by atoms with Crippen molar-refractivity contribution in [2.45, 2.75) is 12.5 Å². The topological polar surface area (TPSA) is 94.8 Å². The molecule has 54 valence electrons. The molecule has 0 amide bonds. The van der Waals surface area contributed by atoms with Crippen LogP contribution in [-0.4, -0.2) is 136 Å². The number of carboxylic acids is 2. The largest absolute Gasteiger partial charge is 0.481 e. The van der Waals surface area contributed by atoms with Gasteiger partial charge in [0.2, 0.25) is 0 Å². The summed E-state index contributed by atoms with van der Waals surface area (Å²) in [4.78, 5) is 19.4. The molecule has 0 aliphatic carbocycles. The SMILES string of the molecule is O=C(O)CC(O)C(=O)O.[K].[K]. The quantitative estimate of drug-likeness (QED) is 0.477. The van der Waals surface area contributed by atoms with Crippen LogP contribution in [0.15, 0.2) is 0 Å². The van der Waals surface area contributed by atoms with Crippen molar-refractivity contribution in [3.8, 4) is 0 Å². The van der Waals surface area contributed by atoms with E-state index in [4.69, 9.17) is 15.3 Å². The molecule has 5 nitrogen and oxygen atoms in total. The Labute approximate surface area is 148 Å². The molecule has 0 saturated carbocycles. The van der Waals surface area contributed by atoms with Crippen molar-refractivity contribution < 1.29 is 24.9 Å². The summed E-state index contributed by atoms with van der Waals surface area (Å²) in [6.07, 6.45) is -2.54. The van der Waals surface area contributed by atoms with Crippen molar-refractivity contribution in [2.24, 2.45) is 0 Å². The number of carbonyl (C=O) groups is 2. The fourth-order valence-electron chi connectivity index (χ4n) is 0.253. The number of aliphatic hydroxyl groups excluding tert-OH is 1. The number of hydrogen-bond acceptors (Lipinski definition) is 3. The van der Waals surface area contributed by atoms with Crippen molar-refractivity contribution in [1.82, 2.24) is 0 Å². The van der Waals surface area contributed by atoms with Gasteiger partial charge in [0.25, 0.3) is 0 Å². The van der Waals surface area contributed by atoms with Gasteiger partial charge >= 0.3 is 11.9 Å². The fourth-order valence-corrected chi connectivity index (χ4v) is 0.253. The Hall–Kier alpha value is 2.17. The van der Waals surface area contributed by atoms with Crippen LogP contribution in [0.25, 0.3) is 0 Å². The summed E-state index contributed by atoms with van der Waals surface area (Å²) in [7, 11) is 0. The van der Waals surface area contributed by atoms with E-state index in [1.54, 1.807) is 0 Å². The van der Waals surface area contributed by atoms with E-state index in [9.17, 15) is 9.59 Å². The third-order valence-corrected chi connectivity index (χ3v) is 0.653. The summed E-state index contributed by atoms with van der Waals surface area (Å²) in [6, 6.07) is 0. The van der Waals surface area contributed by atoms with Gasteiger partial charge in [0.1, 0.15) is 0 Å². The first-order valence-electron chi connectivity index (χ1n) is 2.16. The Kier molecular flexibility index (Phi) is 17.6. The molecule has 0 spiro atoms. The summed E-state index contributed by atoms with van der Waals surface area (Å²) < 4.78 is 0. The van der Waals surface area contributed by atoms with Crippen LogP contribution in [0.1, 0.15) is 6.42 Å². The Balaban J connectivity index is -0.000000320. The average molecular weight is 212 g/mol. The fraction of sp³-hybridized carbons (Fsp3) is 0.500. The number of aliphatic carboxylic acids is 2. The summed E-state index contributed by atoms with van der Waals surface area (Å²) in [6.45, 7) is 0. The Bertz CT molecular complexity index is 136. The molecule has 0 aliphatic rings. The third-order valence-electron chi connectivity index (χ3n) is 0.653. The van der Waals surface area contributed by atoms with Gasteiger partial charge in [-0.05, 0) is 0 Å². The van der Waals surface area contributed by atoms with Gasteiger partial charge in [0.15, 0.2) is 6.10 Å². The van der Waals surface area contributed by atoms with Crippen molar-refractivity contribution in [1.29, 1.82) is 0 Å². The van der Waals surface area contributed by atoms with Gasteiger partial charge in [0, 0.05) is 103 Å². The minimum absolute atomic E-state index is 0. The predicted molar refractivity (Wildman–Crippen MR) is 37.4 cm³/mol. The monoisotopic (exact) mass is 212 g/mol. The van der Waals surface area contributed by atoms with Gasteiger partial charge in [-0.25, -0.2) is 4.79 Å². The van der Waals surface area contributed by atoms with E-state index < -0.39 is 24.5 Å². The number of carboxylic acid groups (broad SMARTS) is 2. The van der Waals surface area contributed by atoms with Crippen LogP contribution in [0.5, 0.6) is 0 Å². The van der Waals surface area contributed by atoms with Crippen LogP contribution in [0.2, 0.25) is 0 Å². The van der Waals surface area contributed by atoms with Crippen LogP contribution in [0.4, 0.5) is 0 Å². The Morgan fingerprint density at radius 2 is 1.55 bits per heavy atom. The zero-order valence-electron chi connectivity index (χ0n) is 6.44. The van der Waals surface area contributed by atoms with Crippen LogP contribution in [0.3, 0.4) is 0 Å². The van der Waals surface area contributed by atoms with Gasteiger partial charge in [-0.15, -0.1) is 0 Å². The summed E-state index contributed by atoms with van der Waals surface area (Å²) in [5, 5.41) is 24.1. The van der Waals surface area contributed by atoms with Crippen molar-refractivity contribution >= 4 is 115 Å². The van der Waals surface area contributed by atoms with E-state index in [1.165, 1.54) is 0 Å². The second-order valence-corrected chi connectivity index (χ2v) is 1.45. The second-order valence-electron chi connectivity index (χ2n) is 1.45. The van der Waals surface area contributed by atoms with Crippen LogP contribution >= 0.6 is 0 Å². The smallest absolute Gasteiger partial charge is 0.333 e. The molecule has 7 heteroatoms. The molecule has 2 radical (unpaired) electrons. The minimum Gasteiger partial charge on any atom is -0.481 e. The molecular formula is C4H6K2O5. The van der Waals surface area contributed by atoms with E-state index in [0.29, 0.717) is 0 Å². The first-order valence-corrected chi connectivity index (χ1v) is 2.16. The van der Waals surface area contributed by atoms with Gasteiger partial charge < -0.3 is 15.3 Å². The Morgan fingerprint density at radius 3 is 1.64 bits per heavy atom. The molecule has 1 atom stereocenters. The molecule has 0 saturated heterocycles. The number of rotatable bonds is 3. The van der Waals surface area contributed by atoms with Crippen LogP contribution in [-0.2, 0) is 9.59 Å². The van der Waals surface area contributed by atoms with Gasteiger partial charge in [-0.1, -0.05) is 0 Å². The molecule has 0 fully saturated rings.